The lowest BCUT2D eigenvalue weighted by Gasteiger charge is -2.18. The van der Waals surface area contributed by atoms with Gasteiger partial charge in [-0.2, -0.15) is 0 Å². The summed E-state index contributed by atoms with van der Waals surface area (Å²) in [6, 6.07) is 8.46. The number of rotatable bonds is 7. The molecule has 0 aromatic heterocycles. The van der Waals surface area contributed by atoms with E-state index >= 15 is 0 Å². The Balaban J connectivity index is 1.40. The van der Waals surface area contributed by atoms with Gasteiger partial charge in [-0.3, -0.25) is 4.79 Å². The van der Waals surface area contributed by atoms with Crippen LogP contribution in [0.3, 0.4) is 0 Å². The number of nitrogens with zero attached hydrogens (tertiary/aromatic N) is 1. The molecule has 2 atom stereocenters. The fourth-order valence-corrected chi connectivity index (χ4v) is 3.24. The summed E-state index contributed by atoms with van der Waals surface area (Å²) in [6.07, 6.45) is 4.37. The highest BCUT2D eigenvalue weighted by Gasteiger charge is 2.19. The minimum absolute atomic E-state index is 0.0726. The van der Waals surface area contributed by atoms with Gasteiger partial charge in [0.05, 0.1) is 12.7 Å². The molecule has 1 amide bonds. The number of nitrogens with one attached hydrogen (secondary N) is 1. The van der Waals surface area contributed by atoms with Crippen LogP contribution < -0.4 is 10.2 Å². The molecule has 2 fully saturated rings. The molecule has 0 spiro atoms. The van der Waals surface area contributed by atoms with E-state index in [1.165, 1.54) is 18.5 Å². The second kappa shape index (κ2) is 8.49. The lowest BCUT2D eigenvalue weighted by atomic mass is 10.2. The van der Waals surface area contributed by atoms with Crippen LogP contribution in [-0.2, 0) is 20.8 Å². The van der Waals surface area contributed by atoms with Crippen molar-refractivity contribution in [3.63, 3.8) is 0 Å². The molecule has 132 valence electrons. The normalized spacial score (nSPS) is 21.9. The molecule has 0 aliphatic carbocycles. The average Bonchev–Trinajstić information content (AvgIpc) is 3.31. The monoisotopic (exact) mass is 332 g/mol. The predicted molar refractivity (Wildman–Crippen MR) is 94.1 cm³/mol. The van der Waals surface area contributed by atoms with E-state index in [4.69, 9.17) is 9.47 Å². The summed E-state index contributed by atoms with van der Waals surface area (Å²) >= 11 is 0. The fraction of sp³-hybridized carbons (Fsp3) is 0.632. The molecular formula is C19H28N2O3. The summed E-state index contributed by atoms with van der Waals surface area (Å²) in [5.74, 6) is -0.0726. The van der Waals surface area contributed by atoms with E-state index in [9.17, 15) is 4.79 Å². The van der Waals surface area contributed by atoms with Crippen molar-refractivity contribution in [2.24, 2.45) is 0 Å². The summed E-state index contributed by atoms with van der Waals surface area (Å²) in [7, 11) is 0. The molecule has 0 saturated carbocycles. The number of amides is 1. The van der Waals surface area contributed by atoms with Crippen LogP contribution in [-0.4, -0.2) is 44.4 Å². The van der Waals surface area contributed by atoms with E-state index in [0.29, 0.717) is 13.2 Å². The predicted octanol–water partition coefficient (Wildman–Crippen LogP) is 2.49. The highest BCUT2D eigenvalue weighted by Crippen LogP contribution is 2.20. The van der Waals surface area contributed by atoms with Crippen LogP contribution in [0, 0.1) is 0 Å². The van der Waals surface area contributed by atoms with Gasteiger partial charge in [-0.25, -0.2) is 0 Å². The molecule has 5 heteroatoms. The molecule has 5 nitrogen and oxygen atoms in total. The Hall–Kier alpha value is -1.59. The maximum absolute atomic E-state index is 12.1. The van der Waals surface area contributed by atoms with Gasteiger partial charge in [-0.15, -0.1) is 0 Å². The molecule has 1 aromatic rings. The number of anilines is 1. The van der Waals surface area contributed by atoms with Gasteiger partial charge in [0.15, 0.2) is 0 Å². The quantitative estimate of drug-likeness (QED) is 0.833. The lowest BCUT2D eigenvalue weighted by Crippen LogP contribution is -2.35. The summed E-state index contributed by atoms with van der Waals surface area (Å²) in [5, 5.41) is 2.94. The summed E-state index contributed by atoms with van der Waals surface area (Å²) in [5.41, 5.74) is 2.38. The van der Waals surface area contributed by atoms with Crippen molar-refractivity contribution >= 4 is 11.6 Å². The van der Waals surface area contributed by atoms with Crippen LogP contribution in [0.15, 0.2) is 24.3 Å². The van der Waals surface area contributed by atoms with Crippen LogP contribution in [0.1, 0.15) is 38.2 Å². The van der Waals surface area contributed by atoms with E-state index in [1.807, 2.05) is 0 Å². The van der Waals surface area contributed by atoms with Crippen LogP contribution in [0.5, 0.6) is 0 Å². The van der Waals surface area contributed by atoms with E-state index in [0.717, 1.165) is 38.1 Å². The van der Waals surface area contributed by atoms with Crippen LogP contribution >= 0.6 is 0 Å². The minimum Gasteiger partial charge on any atom is -0.376 e. The zero-order valence-electron chi connectivity index (χ0n) is 14.5. The average molecular weight is 332 g/mol. The van der Waals surface area contributed by atoms with Crippen molar-refractivity contribution in [2.75, 3.05) is 31.2 Å². The number of benzene rings is 1. The van der Waals surface area contributed by atoms with Crippen molar-refractivity contribution in [3.05, 3.63) is 29.8 Å². The number of carbonyl (C=O) groups is 1. The fourth-order valence-electron chi connectivity index (χ4n) is 3.24. The number of carbonyl (C=O) groups excluding carboxylic acids is 1. The van der Waals surface area contributed by atoms with Gasteiger partial charge >= 0.3 is 0 Å². The zero-order valence-corrected chi connectivity index (χ0v) is 14.5. The number of ether oxygens (including phenoxy) is 2. The third kappa shape index (κ3) is 4.71. The van der Waals surface area contributed by atoms with Crippen LogP contribution in [0.25, 0.3) is 0 Å². The Kier molecular flexibility index (Phi) is 6.10. The zero-order chi connectivity index (χ0) is 16.8. The second-order valence-corrected chi connectivity index (χ2v) is 6.69. The maximum Gasteiger partial charge on any atom is 0.249 e. The smallest absolute Gasteiger partial charge is 0.249 e. The number of hydrogen-bond acceptors (Lipinski definition) is 4. The van der Waals surface area contributed by atoms with Gasteiger partial charge in [-0.05, 0) is 50.3 Å². The molecule has 0 radical (unpaired) electrons. The molecule has 0 unspecified atom stereocenters. The molecule has 3 rings (SSSR count). The third-order valence-electron chi connectivity index (χ3n) is 4.80. The van der Waals surface area contributed by atoms with Crippen LogP contribution in [0.4, 0.5) is 5.69 Å². The Labute approximate surface area is 144 Å². The first-order chi connectivity index (χ1) is 11.7. The first kappa shape index (κ1) is 17.2. The van der Waals surface area contributed by atoms with E-state index < -0.39 is 6.10 Å². The van der Waals surface area contributed by atoms with Crippen molar-refractivity contribution in [1.29, 1.82) is 0 Å². The summed E-state index contributed by atoms with van der Waals surface area (Å²) in [6.45, 7) is 5.93. The Morgan fingerprint density at radius 1 is 1.29 bits per heavy atom. The largest absolute Gasteiger partial charge is 0.376 e. The molecule has 2 saturated heterocycles. The number of hydrogen-bond donors (Lipinski definition) is 1. The van der Waals surface area contributed by atoms with E-state index in [-0.39, 0.29) is 12.0 Å². The Bertz CT molecular complexity index is 520. The van der Waals surface area contributed by atoms with Gasteiger partial charge in [0.2, 0.25) is 5.91 Å². The highest BCUT2D eigenvalue weighted by atomic mass is 16.5. The standard InChI is InChI=1S/C19H28N2O3/c1-15(24-14-18-5-4-12-23-18)19(22)20-13-16-6-8-17(9-7-16)21-10-2-3-11-21/h6-9,15,18H,2-5,10-14H2,1H3,(H,20,22)/t15-,18+/m0/s1. The minimum atomic E-state index is -0.446. The van der Waals surface area contributed by atoms with Crippen LogP contribution in [0.2, 0.25) is 0 Å². The maximum atomic E-state index is 12.1. The molecular weight excluding hydrogens is 304 g/mol. The molecule has 2 heterocycles. The summed E-state index contributed by atoms with van der Waals surface area (Å²) in [4.78, 5) is 14.5. The molecule has 1 aromatic carbocycles. The van der Waals surface area contributed by atoms with Gasteiger partial charge < -0.3 is 19.7 Å². The van der Waals surface area contributed by atoms with Crippen molar-refractivity contribution in [1.82, 2.24) is 5.32 Å². The summed E-state index contributed by atoms with van der Waals surface area (Å²) < 4.78 is 11.1. The first-order valence-electron chi connectivity index (χ1n) is 9.07. The van der Waals surface area contributed by atoms with E-state index in [1.54, 1.807) is 6.92 Å². The van der Waals surface area contributed by atoms with E-state index in [2.05, 4.69) is 34.5 Å². The SMILES string of the molecule is C[C@H](OC[C@H]1CCCO1)C(=O)NCc1ccc(N2CCCC2)cc1. The molecule has 0 bridgehead atoms. The van der Waals surface area contributed by atoms with Crippen molar-refractivity contribution in [3.8, 4) is 0 Å². The Morgan fingerprint density at radius 3 is 2.71 bits per heavy atom. The van der Waals surface area contributed by atoms with Gasteiger partial charge in [0.25, 0.3) is 0 Å². The highest BCUT2D eigenvalue weighted by molar-refractivity contribution is 5.80. The third-order valence-corrected chi connectivity index (χ3v) is 4.80. The molecule has 2 aliphatic heterocycles. The molecule has 24 heavy (non-hydrogen) atoms. The van der Waals surface area contributed by atoms with Crippen molar-refractivity contribution in [2.45, 2.75) is 51.4 Å². The second-order valence-electron chi connectivity index (χ2n) is 6.69. The van der Waals surface area contributed by atoms with Crippen molar-refractivity contribution < 1.29 is 14.3 Å². The lowest BCUT2D eigenvalue weighted by molar-refractivity contribution is -0.133. The van der Waals surface area contributed by atoms with Gasteiger partial charge in [-0.1, -0.05) is 12.1 Å². The molecule has 1 N–H and O–H groups in total. The molecule has 2 aliphatic rings. The van der Waals surface area contributed by atoms with Gasteiger partial charge in [0, 0.05) is 31.9 Å². The first-order valence-corrected chi connectivity index (χ1v) is 9.07. The van der Waals surface area contributed by atoms with Gasteiger partial charge in [0.1, 0.15) is 6.10 Å². The topological polar surface area (TPSA) is 50.8 Å². The Morgan fingerprint density at radius 2 is 2.04 bits per heavy atom.